The lowest BCUT2D eigenvalue weighted by Crippen LogP contribution is -2.10. The zero-order valence-corrected chi connectivity index (χ0v) is 8.39. The fourth-order valence-electron chi connectivity index (χ4n) is 0.175. The Bertz CT molecular complexity index is 148. The number of aliphatic carboxylic acids is 2. The molecule has 0 spiro atoms. The highest BCUT2D eigenvalue weighted by Gasteiger charge is 2.06. The summed E-state index contributed by atoms with van der Waals surface area (Å²) >= 11 is 7.14. The average molecular weight is 212 g/mol. The molecule has 0 saturated heterocycles. The van der Waals surface area contributed by atoms with Crippen LogP contribution in [0.4, 0.5) is 0 Å². The SMILES string of the molecule is CCC(S)C(=O)O.O=C(O)CS. The van der Waals surface area contributed by atoms with Crippen molar-refractivity contribution in [1.29, 1.82) is 0 Å². The van der Waals surface area contributed by atoms with Gasteiger partial charge in [-0.15, -0.1) is 0 Å². The molecule has 0 aliphatic rings. The Balaban J connectivity index is 0. The van der Waals surface area contributed by atoms with Gasteiger partial charge in [0.2, 0.25) is 0 Å². The highest BCUT2D eigenvalue weighted by atomic mass is 32.1. The highest BCUT2D eigenvalue weighted by Crippen LogP contribution is 1.97. The first-order chi connectivity index (χ1) is 5.45. The molecule has 0 saturated carbocycles. The molecule has 0 aromatic heterocycles. The summed E-state index contributed by atoms with van der Waals surface area (Å²) in [5.41, 5.74) is 0. The lowest BCUT2D eigenvalue weighted by Gasteiger charge is -1.95. The standard InChI is InChI=1S/C4H8O2S.C2H4O2S/c1-2-3(7)4(5)6;3-2(4)1-5/h3,7H,2H2,1H3,(H,5,6);5H,1H2,(H,3,4). The van der Waals surface area contributed by atoms with E-state index < -0.39 is 17.2 Å². The predicted molar refractivity (Wildman–Crippen MR) is 52.2 cm³/mol. The minimum atomic E-state index is -0.881. The summed E-state index contributed by atoms with van der Waals surface area (Å²) in [6.45, 7) is 1.78. The Morgan fingerprint density at radius 1 is 1.42 bits per heavy atom. The van der Waals surface area contributed by atoms with E-state index in [1.54, 1.807) is 6.92 Å². The van der Waals surface area contributed by atoms with Gasteiger partial charge in [0.25, 0.3) is 0 Å². The zero-order chi connectivity index (χ0) is 10.1. The first kappa shape index (κ1) is 14.2. The van der Waals surface area contributed by atoms with Crippen LogP contribution < -0.4 is 0 Å². The smallest absolute Gasteiger partial charge is 0.316 e. The van der Waals surface area contributed by atoms with Crippen LogP contribution in [0.15, 0.2) is 0 Å². The monoisotopic (exact) mass is 212 g/mol. The minimum absolute atomic E-state index is 0.0833. The van der Waals surface area contributed by atoms with Crippen LogP contribution >= 0.6 is 25.3 Å². The normalized spacial score (nSPS) is 10.9. The molecule has 0 amide bonds. The zero-order valence-electron chi connectivity index (χ0n) is 6.60. The van der Waals surface area contributed by atoms with Crippen molar-refractivity contribution >= 4 is 37.2 Å². The molecule has 0 aliphatic heterocycles. The quantitative estimate of drug-likeness (QED) is 0.522. The van der Waals surface area contributed by atoms with Gasteiger partial charge in [-0.1, -0.05) is 6.92 Å². The molecule has 6 heteroatoms. The molecular weight excluding hydrogens is 200 g/mol. The van der Waals surface area contributed by atoms with Crippen LogP contribution in [-0.4, -0.2) is 33.2 Å². The minimum Gasteiger partial charge on any atom is -0.481 e. The number of thiol groups is 2. The van der Waals surface area contributed by atoms with E-state index >= 15 is 0 Å². The van der Waals surface area contributed by atoms with Crippen molar-refractivity contribution in [2.75, 3.05) is 5.75 Å². The van der Waals surface area contributed by atoms with E-state index in [0.29, 0.717) is 6.42 Å². The molecule has 4 nitrogen and oxygen atoms in total. The second-order valence-corrected chi connectivity index (χ2v) is 2.75. The van der Waals surface area contributed by atoms with Crippen LogP contribution in [0, 0.1) is 0 Å². The van der Waals surface area contributed by atoms with E-state index in [9.17, 15) is 9.59 Å². The molecular formula is C6H12O4S2. The molecule has 0 radical (unpaired) electrons. The summed E-state index contributed by atoms with van der Waals surface area (Å²) in [6, 6.07) is 0. The molecule has 0 heterocycles. The molecule has 0 aliphatic carbocycles. The highest BCUT2D eigenvalue weighted by molar-refractivity contribution is 7.81. The van der Waals surface area contributed by atoms with Gasteiger partial charge in [-0.25, -0.2) is 0 Å². The number of carboxylic acids is 2. The summed E-state index contributed by atoms with van der Waals surface area (Å²) in [6.07, 6.45) is 0.582. The molecule has 1 unspecified atom stereocenters. The van der Waals surface area contributed by atoms with Crippen LogP contribution in [0.1, 0.15) is 13.3 Å². The Kier molecular flexibility index (Phi) is 10.3. The van der Waals surface area contributed by atoms with E-state index in [4.69, 9.17) is 10.2 Å². The fraction of sp³-hybridized carbons (Fsp3) is 0.667. The number of rotatable bonds is 3. The van der Waals surface area contributed by atoms with Gasteiger partial charge in [-0.3, -0.25) is 9.59 Å². The van der Waals surface area contributed by atoms with Gasteiger partial charge in [0.15, 0.2) is 0 Å². The summed E-state index contributed by atoms with van der Waals surface area (Å²) in [7, 11) is 0. The van der Waals surface area contributed by atoms with Gasteiger partial charge < -0.3 is 10.2 Å². The van der Waals surface area contributed by atoms with Crippen molar-refractivity contribution in [2.24, 2.45) is 0 Å². The number of hydrogen-bond donors (Lipinski definition) is 4. The Hall–Kier alpha value is -0.360. The van der Waals surface area contributed by atoms with Gasteiger partial charge >= 0.3 is 11.9 Å². The summed E-state index contributed by atoms with van der Waals surface area (Å²) in [5.74, 6) is -1.81. The van der Waals surface area contributed by atoms with Crippen molar-refractivity contribution in [3.8, 4) is 0 Å². The lowest BCUT2D eigenvalue weighted by atomic mass is 10.3. The average Bonchev–Trinajstić information content (AvgIpc) is 2.04. The van der Waals surface area contributed by atoms with E-state index in [2.05, 4.69) is 25.3 Å². The van der Waals surface area contributed by atoms with Crippen molar-refractivity contribution in [1.82, 2.24) is 0 Å². The largest absolute Gasteiger partial charge is 0.481 e. The Morgan fingerprint density at radius 3 is 1.75 bits per heavy atom. The molecule has 0 bridgehead atoms. The van der Waals surface area contributed by atoms with Gasteiger partial charge in [0.05, 0.1) is 11.0 Å². The van der Waals surface area contributed by atoms with Gasteiger partial charge in [-0.2, -0.15) is 25.3 Å². The topological polar surface area (TPSA) is 74.6 Å². The molecule has 1 atom stereocenters. The number of carboxylic acid groups (broad SMARTS) is 2. The third-order valence-electron chi connectivity index (χ3n) is 0.807. The third kappa shape index (κ3) is 12.3. The lowest BCUT2D eigenvalue weighted by molar-refractivity contribution is -0.136. The van der Waals surface area contributed by atoms with Gasteiger partial charge in [0, 0.05) is 0 Å². The summed E-state index contributed by atoms with van der Waals surface area (Å²) in [4.78, 5) is 19.1. The Morgan fingerprint density at radius 2 is 1.75 bits per heavy atom. The van der Waals surface area contributed by atoms with E-state index in [-0.39, 0.29) is 5.75 Å². The third-order valence-corrected chi connectivity index (χ3v) is 1.66. The summed E-state index contributed by atoms with van der Waals surface area (Å²) < 4.78 is 0. The number of hydrogen-bond acceptors (Lipinski definition) is 4. The first-order valence-electron chi connectivity index (χ1n) is 3.19. The van der Waals surface area contributed by atoms with Crippen molar-refractivity contribution in [2.45, 2.75) is 18.6 Å². The molecule has 12 heavy (non-hydrogen) atoms. The first-order valence-corrected chi connectivity index (χ1v) is 4.34. The number of carbonyl (C=O) groups is 2. The molecule has 0 aromatic rings. The second-order valence-electron chi connectivity index (χ2n) is 1.81. The van der Waals surface area contributed by atoms with Crippen molar-refractivity contribution in [3.63, 3.8) is 0 Å². The molecule has 72 valence electrons. The maximum atomic E-state index is 9.85. The van der Waals surface area contributed by atoms with Crippen LogP contribution in [-0.2, 0) is 9.59 Å². The summed E-state index contributed by atoms with van der Waals surface area (Å²) in [5, 5.41) is 15.3. The van der Waals surface area contributed by atoms with Crippen LogP contribution in [0.25, 0.3) is 0 Å². The van der Waals surface area contributed by atoms with E-state index in [1.807, 2.05) is 0 Å². The van der Waals surface area contributed by atoms with Crippen LogP contribution in [0.2, 0.25) is 0 Å². The molecule has 0 rings (SSSR count). The molecule has 0 aromatic carbocycles. The maximum Gasteiger partial charge on any atom is 0.316 e. The maximum absolute atomic E-state index is 9.85. The van der Waals surface area contributed by atoms with Crippen LogP contribution in [0.3, 0.4) is 0 Å². The molecule has 0 fully saturated rings. The fourth-order valence-corrected chi connectivity index (χ4v) is 0.175. The van der Waals surface area contributed by atoms with E-state index in [0.717, 1.165) is 0 Å². The Labute approximate surface area is 81.8 Å². The van der Waals surface area contributed by atoms with Crippen molar-refractivity contribution < 1.29 is 19.8 Å². The second kappa shape index (κ2) is 8.73. The van der Waals surface area contributed by atoms with E-state index in [1.165, 1.54) is 0 Å². The van der Waals surface area contributed by atoms with Crippen LogP contribution in [0.5, 0.6) is 0 Å². The van der Waals surface area contributed by atoms with Gasteiger partial charge in [-0.05, 0) is 6.42 Å². The predicted octanol–water partition coefficient (Wildman–Crippen LogP) is 0.780. The molecule has 2 N–H and O–H groups in total. The van der Waals surface area contributed by atoms with Gasteiger partial charge in [0.1, 0.15) is 0 Å². The van der Waals surface area contributed by atoms with Crippen molar-refractivity contribution in [3.05, 3.63) is 0 Å².